The predicted molar refractivity (Wildman–Crippen MR) is 101 cm³/mol. The van der Waals surface area contributed by atoms with Crippen LogP contribution in [0.5, 0.6) is 0 Å². The second kappa shape index (κ2) is 6.27. The van der Waals surface area contributed by atoms with Crippen molar-refractivity contribution >= 4 is 17.6 Å². The third kappa shape index (κ3) is 2.79. The number of carbonyl (C=O) groups is 2. The number of allylic oxidation sites excluding steroid dienone is 4. The van der Waals surface area contributed by atoms with E-state index in [0.29, 0.717) is 5.69 Å². The summed E-state index contributed by atoms with van der Waals surface area (Å²) in [5.41, 5.74) is 5.89. The number of carbonyl (C=O) groups excluding carboxylic acids is 1. The van der Waals surface area contributed by atoms with E-state index < -0.39 is 5.97 Å². The Balaban J connectivity index is 1.61. The lowest BCUT2D eigenvalue weighted by Crippen LogP contribution is -2.32. The number of amides is 1. The van der Waals surface area contributed by atoms with Gasteiger partial charge in [-0.1, -0.05) is 19.1 Å². The van der Waals surface area contributed by atoms with E-state index in [-0.39, 0.29) is 16.9 Å². The van der Waals surface area contributed by atoms with Gasteiger partial charge in [0.15, 0.2) is 0 Å². The topological polar surface area (TPSA) is 66.4 Å². The number of nitrogens with one attached hydrogen (secondary N) is 1. The zero-order valence-corrected chi connectivity index (χ0v) is 15.0. The molecule has 0 spiro atoms. The van der Waals surface area contributed by atoms with Gasteiger partial charge in [0.2, 0.25) is 0 Å². The number of carboxylic acids is 1. The van der Waals surface area contributed by atoms with E-state index >= 15 is 0 Å². The quantitative estimate of drug-likeness (QED) is 0.819. The van der Waals surface area contributed by atoms with Crippen molar-refractivity contribution in [3.05, 3.63) is 64.3 Å². The minimum absolute atomic E-state index is 0.0931. The van der Waals surface area contributed by atoms with Gasteiger partial charge in [-0.05, 0) is 84.9 Å². The van der Waals surface area contributed by atoms with Crippen LogP contribution in [0.25, 0.3) is 0 Å². The van der Waals surface area contributed by atoms with Crippen LogP contribution in [0.4, 0.5) is 5.69 Å². The number of hydrogen-bond donors (Lipinski definition) is 2. The standard InChI is InChI=1S/C22H23NO3/c1-22-12-2-4-14-8-11-18(17(19(14)22)5-3-13-22)20(24)23-16-9-6-15(7-10-16)21(25)26/h4,6-7,9-11H,2-3,5,8,12-13H2,1H3,(H,23,24)(H,25,26). The molecule has 1 atom stereocenters. The molecule has 0 saturated carbocycles. The van der Waals surface area contributed by atoms with Crippen LogP contribution in [-0.2, 0) is 4.79 Å². The summed E-state index contributed by atoms with van der Waals surface area (Å²) < 4.78 is 0. The SMILES string of the molecule is CC12CCC=C3CC=C(C(=O)Nc4ccc(C(=O)O)cc4)C(=C31)CCC2. The number of benzene rings is 1. The zero-order valence-electron chi connectivity index (χ0n) is 15.0. The molecule has 134 valence electrons. The van der Waals surface area contributed by atoms with Gasteiger partial charge in [-0.3, -0.25) is 4.79 Å². The van der Waals surface area contributed by atoms with Gasteiger partial charge in [-0.2, -0.15) is 0 Å². The molecule has 3 aliphatic rings. The highest BCUT2D eigenvalue weighted by Crippen LogP contribution is 2.53. The Morgan fingerprint density at radius 1 is 1.12 bits per heavy atom. The highest BCUT2D eigenvalue weighted by molar-refractivity contribution is 6.07. The lowest BCUT2D eigenvalue weighted by molar-refractivity contribution is -0.112. The predicted octanol–water partition coefficient (Wildman–Crippen LogP) is 4.86. The van der Waals surface area contributed by atoms with Gasteiger partial charge in [0.1, 0.15) is 0 Å². The zero-order chi connectivity index (χ0) is 18.3. The van der Waals surface area contributed by atoms with Crippen LogP contribution in [-0.4, -0.2) is 17.0 Å². The molecule has 0 aliphatic heterocycles. The molecule has 2 N–H and O–H groups in total. The summed E-state index contributed by atoms with van der Waals surface area (Å²) in [6.45, 7) is 2.35. The van der Waals surface area contributed by atoms with Crippen LogP contribution in [0.15, 0.2) is 58.7 Å². The maximum atomic E-state index is 12.9. The lowest BCUT2D eigenvalue weighted by atomic mass is 9.61. The summed E-state index contributed by atoms with van der Waals surface area (Å²) in [6, 6.07) is 6.29. The molecule has 0 fully saturated rings. The maximum Gasteiger partial charge on any atom is 0.335 e. The molecule has 0 heterocycles. The van der Waals surface area contributed by atoms with Crippen LogP contribution in [0, 0.1) is 5.41 Å². The van der Waals surface area contributed by atoms with Crippen molar-refractivity contribution in [3.8, 4) is 0 Å². The molecule has 1 unspecified atom stereocenters. The maximum absolute atomic E-state index is 12.9. The normalized spacial score (nSPS) is 24.3. The number of anilines is 1. The first-order valence-electron chi connectivity index (χ1n) is 9.26. The Morgan fingerprint density at radius 3 is 2.62 bits per heavy atom. The molecule has 3 aliphatic carbocycles. The number of rotatable bonds is 3. The summed E-state index contributed by atoms with van der Waals surface area (Å²) in [5, 5.41) is 11.9. The van der Waals surface area contributed by atoms with Crippen molar-refractivity contribution in [2.24, 2.45) is 5.41 Å². The molecule has 4 nitrogen and oxygen atoms in total. The second-order valence-electron chi connectivity index (χ2n) is 7.69. The lowest BCUT2D eigenvalue weighted by Gasteiger charge is -2.44. The van der Waals surface area contributed by atoms with E-state index in [1.807, 2.05) is 0 Å². The smallest absolute Gasteiger partial charge is 0.335 e. The van der Waals surface area contributed by atoms with E-state index in [4.69, 9.17) is 5.11 Å². The fourth-order valence-corrected chi connectivity index (χ4v) is 4.68. The number of hydrogen-bond acceptors (Lipinski definition) is 2. The first kappa shape index (κ1) is 16.8. The molecule has 1 aromatic rings. The fraction of sp³-hybridized carbons (Fsp3) is 0.364. The monoisotopic (exact) mass is 349 g/mol. The number of aromatic carboxylic acids is 1. The summed E-state index contributed by atoms with van der Waals surface area (Å²) in [7, 11) is 0. The van der Waals surface area contributed by atoms with Gasteiger partial charge in [0, 0.05) is 11.3 Å². The van der Waals surface area contributed by atoms with Crippen LogP contribution in [0.1, 0.15) is 55.8 Å². The van der Waals surface area contributed by atoms with E-state index in [1.165, 1.54) is 41.7 Å². The molecule has 4 rings (SSSR count). The molecule has 0 saturated heterocycles. The van der Waals surface area contributed by atoms with Crippen LogP contribution in [0.3, 0.4) is 0 Å². The van der Waals surface area contributed by atoms with Gasteiger partial charge >= 0.3 is 5.97 Å². The molecule has 0 bridgehead atoms. The molecule has 26 heavy (non-hydrogen) atoms. The van der Waals surface area contributed by atoms with Crippen molar-refractivity contribution in [2.45, 2.75) is 45.4 Å². The molecule has 1 aromatic carbocycles. The Bertz CT molecular complexity index is 873. The molecule has 1 amide bonds. The first-order chi connectivity index (χ1) is 12.5. The van der Waals surface area contributed by atoms with Gasteiger partial charge in [0.25, 0.3) is 5.91 Å². The minimum atomic E-state index is -0.970. The summed E-state index contributed by atoms with van der Waals surface area (Å²) in [4.78, 5) is 23.9. The first-order valence-corrected chi connectivity index (χ1v) is 9.26. The van der Waals surface area contributed by atoms with Crippen molar-refractivity contribution in [3.63, 3.8) is 0 Å². The van der Waals surface area contributed by atoms with E-state index in [2.05, 4.69) is 24.4 Å². The summed E-state index contributed by atoms with van der Waals surface area (Å²) in [5.74, 6) is -1.06. The average Bonchev–Trinajstić information content (AvgIpc) is 2.62. The highest BCUT2D eigenvalue weighted by atomic mass is 16.4. The Kier molecular flexibility index (Phi) is 4.06. The second-order valence-corrected chi connectivity index (χ2v) is 7.69. The van der Waals surface area contributed by atoms with E-state index in [9.17, 15) is 9.59 Å². The van der Waals surface area contributed by atoms with Crippen molar-refractivity contribution < 1.29 is 14.7 Å². The van der Waals surface area contributed by atoms with Gasteiger partial charge < -0.3 is 10.4 Å². The van der Waals surface area contributed by atoms with Crippen molar-refractivity contribution in [1.82, 2.24) is 0 Å². The Morgan fingerprint density at radius 2 is 1.88 bits per heavy atom. The van der Waals surface area contributed by atoms with Crippen LogP contribution in [0.2, 0.25) is 0 Å². The molecular formula is C22H23NO3. The fourth-order valence-electron chi connectivity index (χ4n) is 4.68. The minimum Gasteiger partial charge on any atom is -0.478 e. The van der Waals surface area contributed by atoms with E-state index in [0.717, 1.165) is 31.3 Å². The summed E-state index contributed by atoms with van der Waals surface area (Å²) >= 11 is 0. The Labute approximate surface area is 153 Å². The molecule has 0 aromatic heterocycles. The van der Waals surface area contributed by atoms with Crippen LogP contribution >= 0.6 is 0 Å². The molecule has 4 heteroatoms. The van der Waals surface area contributed by atoms with Crippen LogP contribution < -0.4 is 5.32 Å². The molecular weight excluding hydrogens is 326 g/mol. The van der Waals surface area contributed by atoms with E-state index in [1.54, 1.807) is 12.1 Å². The molecule has 0 radical (unpaired) electrons. The number of carboxylic acid groups (broad SMARTS) is 1. The third-order valence-corrected chi connectivity index (χ3v) is 5.95. The largest absolute Gasteiger partial charge is 0.478 e. The van der Waals surface area contributed by atoms with Gasteiger partial charge in [-0.15, -0.1) is 0 Å². The highest BCUT2D eigenvalue weighted by Gasteiger charge is 2.40. The third-order valence-electron chi connectivity index (χ3n) is 5.95. The van der Waals surface area contributed by atoms with Gasteiger partial charge in [0.05, 0.1) is 5.56 Å². The van der Waals surface area contributed by atoms with Gasteiger partial charge in [-0.25, -0.2) is 4.79 Å². The average molecular weight is 349 g/mol. The van der Waals surface area contributed by atoms with Crippen molar-refractivity contribution in [1.29, 1.82) is 0 Å². The summed E-state index contributed by atoms with van der Waals surface area (Å²) in [6.07, 6.45) is 10.8. The Hall–Kier alpha value is -2.62. The van der Waals surface area contributed by atoms with Crippen molar-refractivity contribution in [2.75, 3.05) is 5.32 Å².